The van der Waals surface area contributed by atoms with Crippen LogP contribution in [0.3, 0.4) is 0 Å². The van der Waals surface area contributed by atoms with Crippen molar-refractivity contribution in [3.63, 3.8) is 0 Å². The van der Waals surface area contributed by atoms with Gasteiger partial charge >= 0.3 is 6.09 Å². The second kappa shape index (κ2) is 7.49. The van der Waals surface area contributed by atoms with E-state index in [2.05, 4.69) is 48.5 Å². The van der Waals surface area contributed by atoms with Crippen molar-refractivity contribution < 1.29 is 14.6 Å². The molecule has 1 atom stereocenters. The topological polar surface area (TPSA) is 49.8 Å². The van der Waals surface area contributed by atoms with Crippen LogP contribution in [0.4, 0.5) is 4.79 Å². The number of rotatable bonds is 2. The van der Waals surface area contributed by atoms with Crippen LogP contribution in [0.5, 0.6) is 0 Å². The Labute approximate surface area is 172 Å². The first kappa shape index (κ1) is 18.7. The number of aliphatic hydroxyl groups is 1. The number of β-amino-alcohol motifs (C(OH)–C–C–N with tert-alkyl or cyclic N) is 1. The van der Waals surface area contributed by atoms with E-state index < -0.39 is 6.10 Å². The fourth-order valence-electron chi connectivity index (χ4n) is 5.82. The third-order valence-corrected chi connectivity index (χ3v) is 7.17. The molecule has 1 spiro atoms. The maximum atomic E-state index is 13.1. The highest BCUT2D eigenvalue weighted by atomic mass is 16.6. The minimum atomic E-state index is -0.436. The predicted octanol–water partition coefficient (Wildman–Crippen LogP) is 5.10. The van der Waals surface area contributed by atoms with E-state index in [4.69, 9.17) is 4.74 Å². The van der Waals surface area contributed by atoms with Crippen molar-refractivity contribution in [3.8, 4) is 11.1 Å². The Bertz CT molecular complexity index is 855. The molecule has 1 aliphatic heterocycles. The Kier molecular flexibility index (Phi) is 4.83. The minimum absolute atomic E-state index is 0.0731. The van der Waals surface area contributed by atoms with Crippen LogP contribution in [0.25, 0.3) is 11.1 Å². The largest absolute Gasteiger partial charge is 0.448 e. The fourth-order valence-corrected chi connectivity index (χ4v) is 5.82. The van der Waals surface area contributed by atoms with Crippen LogP contribution in [-0.4, -0.2) is 40.9 Å². The van der Waals surface area contributed by atoms with Crippen molar-refractivity contribution in [1.29, 1.82) is 0 Å². The lowest BCUT2D eigenvalue weighted by Gasteiger charge is -2.37. The Morgan fingerprint density at radius 2 is 1.55 bits per heavy atom. The molecule has 2 aromatic carbocycles. The van der Waals surface area contributed by atoms with E-state index in [0.717, 1.165) is 25.7 Å². The number of hydrogen-bond acceptors (Lipinski definition) is 3. The van der Waals surface area contributed by atoms with Gasteiger partial charge in [-0.1, -0.05) is 74.2 Å². The van der Waals surface area contributed by atoms with Gasteiger partial charge in [-0.05, 0) is 41.5 Å². The first-order valence-electron chi connectivity index (χ1n) is 11.0. The average molecular weight is 392 g/mol. The number of likely N-dealkylation sites (tertiary alicyclic amines) is 1. The van der Waals surface area contributed by atoms with Gasteiger partial charge in [-0.15, -0.1) is 0 Å². The van der Waals surface area contributed by atoms with Gasteiger partial charge in [-0.2, -0.15) is 0 Å². The summed E-state index contributed by atoms with van der Waals surface area (Å²) in [6.07, 6.45) is 6.64. The van der Waals surface area contributed by atoms with E-state index in [9.17, 15) is 9.90 Å². The number of ether oxygens (including phenoxy) is 1. The molecule has 0 radical (unpaired) electrons. The van der Waals surface area contributed by atoms with Gasteiger partial charge in [0.1, 0.15) is 6.61 Å². The second-order valence-corrected chi connectivity index (χ2v) is 8.91. The van der Waals surface area contributed by atoms with Crippen molar-refractivity contribution in [1.82, 2.24) is 4.90 Å². The maximum Gasteiger partial charge on any atom is 0.410 e. The Morgan fingerprint density at radius 1 is 0.966 bits per heavy atom. The molecule has 0 aromatic heterocycles. The monoisotopic (exact) mass is 391 g/mol. The predicted molar refractivity (Wildman–Crippen MR) is 113 cm³/mol. The van der Waals surface area contributed by atoms with Crippen molar-refractivity contribution in [3.05, 3.63) is 59.7 Å². The summed E-state index contributed by atoms with van der Waals surface area (Å²) in [6.45, 7) is 0.742. The van der Waals surface area contributed by atoms with Crippen molar-refractivity contribution in [2.24, 2.45) is 0 Å². The summed E-state index contributed by atoms with van der Waals surface area (Å²) < 4.78 is 5.92. The molecule has 29 heavy (non-hydrogen) atoms. The lowest BCUT2D eigenvalue weighted by molar-refractivity contribution is 0.0609. The van der Waals surface area contributed by atoms with Gasteiger partial charge < -0.3 is 9.84 Å². The summed E-state index contributed by atoms with van der Waals surface area (Å²) in [7, 11) is 0. The maximum absolute atomic E-state index is 13.1. The SMILES string of the molecule is O=C(OCC1c2ccccc2-c2ccccc21)N1CC(O)CC12CCCCCC2. The number of fused-ring (bicyclic) bond motifs is 3. The molecule has 2 aliphatic carbocycles. The number of nitrogens with zero attached hydrogens (tertiary/aromatic N) is 1. The number of carbonyl (C=O) groups is 1. The average Bonchev–Trinajstić information content (AvgIpc) is 3.12. The highest BCUT2D eigenvalue weighted by Crippen LogP contribution is 2.45. The minimum Gasteiger partial charge on any atom is -0.448 e. The molecule has 1 amide bonds. The lowest BCUT2D eigenvalue weighted by Crippen LogP contribution is -2.47. The molecule has 5 rings (SSSR count). The molecule has 4 nitrogen and oxygen atoms in total. The smallest absolute Gasteiger partial charge is 0.410 e. The zero-order chi connectivity index (χ0) is 19.8. The van der Waals surface area contributed by atoms with Crippen LogP contribution in [-0.2, 0) is 4.74 Å². The van der Waals surface area contributed by atoms with Gasteiger partial charge in [0.25, 0.3) is 0 Å². The van der Waals surface area contributed by atoms with Crippen LogP contribution in [0.15, 0.2) is 48.5 Å². The van der Waals surface area contributed by atoms with Gasteiger partial charge in [-0.3, -0.25) is 4.90 Å². The van der Waals surface area contributed by atoms with Crippen molar-refractivity contribution in [2.75, 3.05) is 13.2 Å². The van der Waals surface area contributed by atoms with Gasteiger partial charge in [-0.25, -0.2) is 4.79 Å². The fraction of sp³-hybridized carbons (Fsp3) is 0.480. The number of amides is 1. The molecule has 1 saturated carbocycles. The molecular formula is C25H29NO3. The highest BCUT2D eigenvalue weighted by Gasteiger charge is 2.48. The number of hydrogen-bond donors (Lipinski definition) is 1. The van der Waals surface area contributed by atoms with Gasteiger partial charge in [0, 0.05) is 11.5 Å². The second-order valence-electron chi connectivity index (χ2n) is 8.91. The Hall–Kier alpha value is -2.33. The molecule has 1 saturated heterocycles. The zero-order valence-corrected chi connectivity index (χ0v) is 16.8. The number of carbonyl (C=O) groups excluding carboxylic acids is 1. The van der Waals surface area contributed by atoms with Crippen molar-refractivity contribution >= 4 is 6.09 Å². The number of aliphatic hydroxyl groups excluding tert-OH is 1. The Balaban J connectivity index is 1.35. The van der Waals surface area contributed by atoms with E-state index in [1.165, 1.54) is 35.1 Å². The molecule has 1 heterocycles. The van der Waals surface area contributed by atoms with Crippen LogP contribution < -0.4 is 0 Å². The summed E-state index contributed by atoms with van der Waals surface area (Å²) in [4.78, 5) is 15.0. The van der Waals surface area contributed by atoms with E-state index in [0.29, 0.717) is 19.6 Å². The first-order chi connectivity index (χ1) is 14.2. The summed E-state index contributed by atoms with van der Waals surface area (Å²) in [5.41, 5.74) is 4.72. The van der Waals surface area contributed by atoms with Gasteiger partial charge in [0.05, 0.1) is 12.6 Å². The van der Waals surface area contributed by atoms with Crippen LogP contribution in [0.1, 0.15) is 62.0 Å². The molecule has 0 bridgehead atoms. The van der Waals surface area contributed by atoms with E-state index in [1.807, 2.05) is 4.90 Å². The third kappa shape index (κ3) is 3.24. The lowest BCUT2D eigenvalue weighted by atomic mass is 9.87. The molecule has 2 aromatic rings. The van der Waals surface area contributed by atoms with Gasteiger partial charge in [0.2, 0.25) is 0 Å². The first-order valence-corrected chi connectivity index (χ1v) is 11.0. The molecule has 1 unspecified atom stereocenters. The van der Waals surface area contributed by atoms with Crippen molar-refractivity contribution in [2.45, 2.75) is 62.5 Å². The summed E-state index contributed by atoms with van der Waals surface area (Å²) in [5.74, 6) is 0.0731. The molecular weight excluding hydrogens is 362 g/mol. The van der Waals surface area contributed by atoms with Crippen LogP contribution in [0.2, 0.25) is 0 Å². The standard InChI is InChI=1S/C25H29NO3/c27-18-15-25(13-7-1-2-8-14-25)26(16-18)24(28)29-17-23-21-11-5-3-9-19(21)20-10-4-6-12-22(20)23/h3-6,9-12,18,23,27H,1-2,7-8,13-17H2. The van der Waals surface area contributed by atoms with Crippen LogP contribution in [0, 0.1) is 0 Å². The third-order valence-electron chi connectivity index (χ3n) is 7.17. The normalized spacial score (nSPS) is 22.9. The summed E-state index contributed by atoms with van der Waals surface area (Å²) in [5, 5.41) is 10.3. The molecule has 4 heteroatoms. The van der Waals surface area contributed by atoms with E-state index >= 15 is 0 Å². The van der Waals surface area contributed by atoms with E-state index in [-0.39, 0.29) is 17.6 Å². The summed E-state index contributed by atoms with van der Waals surface area (Å²) >= 11 is 0. The van der Waals surface area contributed by atoms with Crippen LogP contribution >= 0.6 is 0 Å². The highest BCUT2D eigenvalue weighted by molar-refractivity contribution is 5.79. The van der Waals surface area contributed by atoms with E-state index in [1.54, 1.807) is 0 Å². The zero-order valence-electron chi connectivity index (χ0n) is 16.8. The van der Waals surface area contributed by atoms with Gasteiger partial charge in [0.15, 0.2) is 0 Å². The molecule has 3 aliphatic rings. The Morgan fingerprint density at radius 3 is 2.17 bits per heavy atom. The quantitative estimate of drug-likeness (QED) is 0.775. The number of benzene rings is 2. The molecule has 1 N–H and O–H groups in total. The molecule has 2 fully saturated rings. The summed E-state index contributed by atoms with van der Waals surface area (Å²) in [6, 6.07) is 16.8. The molecule has 152 valence electrons.